The van der Waals surface area contributed by atoms with Crippen molar-refractivity contribution in [3.63, 3.8) is 0 Å². The summed E-state index contributed by atoms with van der Waals surface area (Å²) in [4.78, 5) is 15.7. The number of non-ortho nitro benzene ring substituents is 1. The second-order valence-electron chi connectivity index (χ2n) is 9.13. The van der Waals surface area contributed by atoms with Crippen molar-refractivity contribution in [3.8, 4) is 45.2 Å². The number of amidine groups is 1. The summed E-state index contributed by atoms with van der Waals surface area (Å²) in [7, 11) is 0. The van der Waals surface area contributed by atoms with Crippen molar-refractivity contribution in [2.75, 3.05) is 5.75 Å². The van der Waals surface area contributed by atoms with Crippen LogP contribution in [0.1, 0.15) is 0 Å². The number of hydrazone groups is 1. The van der Waals surface area contributed by atoms with Crippen molar-refractivity contribution in [3.05, 3.63) is 99.6 Å². The third-order valence-corrected chi connectivity index (χ3v) is 7.87. The van der Waals surface area contributed by atoms with Gasteiger partial charge >= 0.3 is 0 Å². The number of thiocarbonyl (C=S) groups is 1. The number of benzene rings is 3. The van der Waals surface area contributed by atoms with Crippen LogP contribution in [-0.2, 0) is 0 Å². The molecule has 1 aliphatic rings. The number of aromatic hydroxyl groups is 1. The van der Waals surface area contributed by atoms with Gasteiger partial charge in [0.15, 0.2) is 21.9 Å². The molecule has 0 fully saturated rings. The van der Waals surface area contributed by atoms with Crippen LogP contribution >= 0.6 is 39.9 Å². The normalized spacial score (nSPS) is 13.7. The molecular formula is C28H20BrN9O3S2. The standard InChI is InChI=1S/C28H20BrN9O3S2/c29-18-11-9-16(10-12-18)23-21(14-36(34-23)19-6-2-1-3-7-19)24-26(39)25(17-5-4-8-20(13-17)38(40)41)37(35-24)28-31-22(15-43-28)32-33-27(30)42/h1-14,39H,15H2,(H3,30,33,42)/b32-22+. The smallest absolute Gasteiger partial charge is 0.270 e. The number of thioether (sulfide) groups is 1. The zero-order valence-electron chi connectivity index (χ0n) is 22.0. The Hall–Kier alpha value is -4.86. The Balaban J connectivity index is 1.58. The Morgan fingerprint density at radius 2 is 1.84 bits per heavy atom. The maximum absolute atomic E-state index is 11.8. The molecule has 0 saturated heterocycles. The zero-order valence-corrected chi connectivity index (χ0v) is 25.2. The maximum Gasteiger partial charge on any atom is 0.270 e. The highest BCUT2D eigenvalue weighted by molar-refractivity contribution is 9.10. The number of hydrogen-bond donors (Lipinski definition) is 3. The van der Waals surface area contributed by atoms with Gasteiger partial charge in [0.2, 0.25) is 0 Å². The molecule has 0 amide bonds. The summed E-state index contributed by atoms with van der Waals surface area (Å²) >= 11 is 9.63. The molecule has 3 aromatic carbocycles. The van der Waals surface area contributed by atoms with Crippen LogP contribution in [0.4, 0.5) is 5.69 Å². The van der Waals surface area contributed by atoms with Gasteiger partial charge in [0, 0.05) is 33.9 Å². The number of halogens is 1. The Bertz CT molecular complexity index is 1940. The molecule has 12 nitrogen and oxygen atoms in total. The highest BCUT2D eigenvalue weighted by atomic mass is 79.9. The highest BCUT2D eigenvalue weighted by Crippen LogP contribution is 2.43. The third-order valence-electron chi connectivity index (χ3n) is 6.33. The summed E-state index contributed by atoms with van der Waals surface area (Å²) in [5, 5.41) is 37.6. The Morgan fingerprint density at radius 3 is 2.56 bits per heavy atom. The van der Waals surface area contributed by atoms with Gasteiger partial charge in [-0.25, -0.2) is 14.4 Å². The molecular weight excluding hydrogens is 654 g/mol. The lowest BCUT2D eigenvalue weighted by atomic mass is 10.0. The fraction of sp³-hybridized carbons (Fsp3) is 0.0357. The van der Waals surface area contributed by atoms with E-state index in [2.05, 4.69) is 31.4 Å². The van der Waals surface area contributed by atoms with E-state index in [9.17, 15) is 15.2 Å². The summed E-state index contributed by atoms with van der Waals surface area (Å²) < 4.78 is 4.08. The number of nitro benzene ring substituents is 1. The molecule has 2 aromatic heterocycles. The van der Waals surface area contributed by atoms with Crippen molar-refractivity contribution >= 4 is 61.7 Å². The van der Waals surface area contributed by atoms with E-state index in [1.165, 1.54) is 28.6 Å². The molecule has 4 N–H and O–H groups in total. The number of hydrogen-bond acceptors (Lipinski definition) is 8. The molecule has 0 unspecified atom stereocenters. The summed E-state index contributed by atoms with van der Waals surface area (Å²) in [6.07, 6.45) is 1.79. The van der Waals surface area contributed by atoms with Crippen LogP contribution in [0.25, 0.3) is 39.5 Å². The van der Waals surface area contributed by atoms with E-state index in [-0.39, 0.29) is 27.9 Å². The molecule has 0 spiro atoms. The second kappa shape index (κ2) is 11.8. The summed E-state index contributed by atoms with van der Waals surface area (Å²) in [5.41, 5.74) is 11.4. The quantitative estimate of drug-likeness (QED) is 0.119. The van der Waals surface area contributed by atoms with E-state index in [0.29, 0.717) is 33.6 Å². The van der Waals surface area contributed by atoms with E-state index in [1.807, 2.05) is 54.6 Å². The van der Waals surface area contributed by atoms with Crippen molar-refractivity contribution in [2.45, 2.75) is 0 Å². The fourth-order valence-electron chi connectivity index (χ4n) is 4.43. The molecule has 43 heavy (non-hydrogen) atoms. The van der Waals surface area contributed by atoms with Gasteiger partial charge in [0.05, 0.1) is 21.9 Å². The SMILES string of the molecule is NC(=S)N/N=C1\CSC(n2nc(-c3cn(-c4ccccc4)nc3-c3ccc(Br)cc3)c(O)c2-c2cccc([N+](=O)[O-])c2)=N1. The predicted octanol–water partition coefficient (Wildman–Crippen LogP) is 5.54. The number of aromatic nitrogens is 4. The lowest BCUT2D eigenvalue weighted by Crippen LogP contribution is -2.25. The molecule has 0 atom stereocenters. The Morgan fingerprint density at radius 1 is 1.07 bits per heavy atom. The van der Waals surface area contributed by atoms with E-state index < -0.39 is 4.92 Å². The molecule has 0 saturated carbocycles. The van der Waals surface area contributed by atoms with Crippen molar-refractivity contribution < 1.29 is 10.0 Å². The number of nitro groups is 1. The molecule has 5 aromatic rings. The topological polar surface area (TPSA) is 162 Å². The van der Waals surface area contributed by atoms with Gasteiger partial charge in [-0.1, -0.05) is 70.2 Å². The first-order valence-corrected chi connectivity index (χ1v) is 14.8. The van der Waals surface area contributed by atoms with E-state index in [0.717, 1.165) is 15.7 Å². The van der Waals surface area contributed by atoms with Crippen LogP contribution in [0, 0.1) is 10.1 Å². The number of nitrogens with two attached hydrogens (primary N) is 1. The van der Waals surface area contributed by atoms with Gasteiger partial charge in [-0.2, -0.15) is 15.3 Å². The van der Waals surface area contributed by atoms with Crippen LogP contribution in [0.2, 0.25) is 0 Å². The number of nitrogens with one attached hydrogen (secondary N) is 1. The summed E-state index contributed by atoms with van der Waals surface area (Å²) in [6, 6.07) is 23.2. The molecule has 0 radical (unpaired) electrons. The van der Waals surface area contributed by atoms with Crippen LogP contribution in [0.3, 0.4) is 0 Å². The lowest BCUT2D eigenvalue weighted by Gasteiger charge is -2.06. The minimum Gasteiger partial charge on any atom is -0.504 e. The van der Waals surface area contributed by atoms with Crippen molar-refractivity contribution in [1.29, 1.82) is 0 Å². The Labute approximate surface area is 262 Å². The van der Waals surface area contributed by atoms with Crippen molar-refractivity contribution in [1.82, 2.24) is 25.0 Å². The lowest BCUT2D eigenvalue weighted by molar-refractivity contribution is -0.384. The largest absolute Gasteiger partial charge is 0.504 e. The first kappa shape index (κ1) is 28.3. The average Bonchev–Trinajstić information content (AvgIpc) is 3.74. The van der Waals surface area contributed by atoms with Gasteiger partial charge in [-0.05, 0) is 36.5 Å². The fourth-order valence-corrected chi connectivity index (χ4v) is 5.55. The van der Waals surface area contributed by atoms with E-state index in [4.69, 9.17) is 28.1 Å². The molecule has 3 heterocycles. The average molecular weight is 675 g/mol. The third kappa shape index (κ3) is 5.77. The zero-order chi connectivity index (χ0) is 30.1. The number of nitrogens with zero attached hydrogens (tertiary/aromatic N) is 7. The molecule has 6 rings (SSSR count). The molecule has 0 bridgehead atoms. The van der Waals surface area contributed by atoms with E-state index in [1.54, 1.807) is 23.0 Å². The Kier molecular flexibility index (Phi) is 7.75. The molecule has 214 valence electrons. The minimum atomic E-state index is -0.494. The van der Waals surface area contributed by atoms with Crippen LogP contribution in [0.15, 0.2) is 99.6 Å². The minimum absolute atomic E-state index is 0.00615. The van der Waals surface area contributed by atoms with E-state index >= 15 is 0 Å². The summed E-state index contributed by atoms with van der Waals surface area (Å²) in [6.45, 7) is 0. The van der Waals surface area contributed by atoms with Crippen LogP contribution in [0.5, 0.6) is 5.75 Å². The summed E-state index contributed by atoms with van der Waals surface area (Å²) in [5.74, 6) is 0.592. The monoisotopic (exact) mass is 673 g/mol. The molecule has 15 heteroatoms. The maximum atomic E-state index is 11.8. The van der Waals surface area contributed by atoms with Gasteiger partial charge in [-0.15, -0.1) is 0 Å². The molecule has 1 aliphatic heterocycles. The van der Waals surface area contributed by atoms with Crippen LogP contribution in [-0.4, -0.2) is 51.5 Å². The predicted molar refractivity (Wildman–Crippen MR) is 174 cm³/mol. The second-order valence-corrected chi connectivity index (χ2v) is 11.4. The number of aliphatic imine (C=N–C) groups is 1. The molecule has 0 aliphatic carbocycles. The number of para-hydroxylation sites is 1. The van der Waals surface area contributed by atoms with Gasteiger partial charge < -0.3 is 10.8 Å². The van der Waals surface area contributed by atoms with Gasteiger partial charge in [0.25, 0.3) is 5.69 Å². The first-order valence-electron chi connectivity index (χ1n) is 12.6. The first-order chi connectivity index (χ1) is 20.8. The highest BCUT2D eigenvalue weighted by Gasteiger charge is 2.29. The van der Waals surface area contributed by atoms with Gasteiger partial charge in [0.1, 0.15) is 17.1 Å². The van der Waals surface area contributed by atoms with Gasteiger partial charge in [-0.3, -0.25) is 15.5 Å². The van der Waals surface area contributed by atoms with Crippen molar-refractivity contribution in [2.24, 2.45) is 15.8 Å². The number of rotatable bonds is 6. The van der Waals surface area contributed by atoms with Crippen LogP contribution < -0.4 is 11.2 Å².